The van der Waals surface area contributed by atoms with E-state index in [1.165, 1.54) is 25.3 Å². The first-order valence-electron chi connectivity index (χ1n) is 10.5. The first-order valence-corrected chi connectivity index (χ1v) is 12.0. The summed E-state index contributed by atoms with van der Waals surface area (Å²) in [5.74, 6) is -0.0136. The number of aryl methyl sites for hydroxylation is 1. The molecule has 1 aromatic heterocycles. The van der Waals surface area contributed by atoms with Crippen LogP contribution >= 0.6 is 0 Å². The average molecular weight is 473 g/mol. The Hall–Kier alpha value is -3.17. The normalized spacial score (nSPS) is 15.8. The molecule has 0 unspecified atom stereocenters. The van der Waals surface area contributed by atoms with Gasteiger partial charge in [0.1, 0.15) is 11.5 Å². The van der Waals surface area contributed by atoms with Crippen molar-refractivity contribution in [3.63, 3.8) is 0 Å². The van der Waals surface area contributed by atoms with E-state index in [0.29, 0.717) is 23.8 Å². The number of carbonyl (C=O) groups is 2. The molecule has 0 saturated heterocycles. The van der Waals surface area contributed by atoms with Crippen molar-refractivity contribution >= 4 is 28.0 Å². The summed E-state index contributed by atoms with van der Waals surface area (Å²) in [4.78, 5) is 27.1. The summed E-state index contributed by atoms with van der Waals surface area (Å²) in [5, 5.41) is 0. The summed E-state index contributed by atoms with van der Waals surface area (Å²) < 4.78 is 38.1. The summed E-state index contributed by atoms with van der Waals surface area (Å²) >= 11 is 0. The minimum absolute atomic E-state index is 0.0640. The Labute approximate surface area is 194 Å². The first-order chi connectivity index (χ1) is 15.5. The molecule has 0 spiro atoms. The molecule has 3 rings (SSSR count). The maximum absolute atomic E-state index is 13.0. The lowest BCUT2D eigenvalue weighted by atomic mass is 10.1. The van der Waals surface area contributed by atoms with Crippen LogP contribution in [0.3, 0.4) is 0 Å². The maximum atomic E-state index is 13.0. The van der Waals surface area contributed by atoms with Gasteiger partial charge in [-0.3, -0.25) is 4.79 Å². The molecule has 33 heavy (non-hydrogen) atoms. The van der Waals surface area contributed by atoms with Crippen molar-refractivity contribution in [3.8, 4) is 0 Å². The van der Waals surface area contributed by atoms with Gasteiger partial charge in [-0.2, -0.15) is 0 Å². The number of furan rings is 1. The molecule has 8 nitrogen and oxygen atoms in total. The fraction of sp³-hybridized carbons (Fsp3) is 0.333. The fourth-order valence-corrected chi connectivity index (χ4v) is 4.48. The minimum atomic E-state index is -3.70. The third-order valence-corrected chi connectivity index (χ3v) is 6.60. The monoisotopic (exact) mass is 472 g/mol. The molecule has 0 bridgehead atoms. The highest BCUT2D eigenvalue weighted by atomic mass is 32.2. The zero-order valence-electron chi connectivity index (χ0n) is 19.3. The van der Waals surface area contributed by atoms with E-state index >= 15 is 0 Å². The molecule has 176 valence electrons. The van der Waals surface area contributed by atoms with Gasteiger partial charge < -0.3 is 14.1 Å². The number of hydrogen-bond donors (Lipinski definition) is 1. The van der Waals surface area contributed by atoms with Crippen LogP contribution in [0.1, 0.15) is 37.9 Å². The molecular formula is C24H28N2O6S. The standard InChI is InChI=1S/C24H28N2O6S/c1-15(2)14-26-17(4)22(24(28)31-5)21(23(26)27)12-18-8-9-19(32-18)13-25-33(29,30)20-10-6-16(3)7-11-20/h6-12,15,25H,13-14H2,1-5H3/b21-12+. The molecule has 0 atom stereocenters. The van der Waals surface area contributed by atoms with E-state index < -0.39 is 16.0 Å². The van der Waals surface area contributed by atoms with Crippen LogP contribution in [-0.4, -0.2) is 38.8 Å². The molecule has 9 heteroatoms. The molecule has 0 fully saturated rings. The van der Waals surface area contributed by atoms with Gasteiger partial charge in [-0.15, -0.1) is 0 Å². The van der Waals surface area contributed by atoms with Gasteiger partial charge >= 0.3 is 5.97 Å². The quantitative estimate of drug-likeness (QED) is 0.466. The lowest BCUT2D eigenvalue weighted by Gasteiger charge is -2.19. The van der Waals surface area contributed by atoms with Gasteiger partial charge in [0.15, 0.2) is 0 Å². The van der Waals surface area contributed by atoms with Gasteiger partial charge in [-0.25, -0.2) is 17.9 Å². The van der Waals surface area contributed by atoms with Crippen LogP contribution in [0.15, 0.2) is 62.6 Å². The van der Waals surface area contributed by atoms with Crippen molar-refractivity contribution < 1.29 is 27.2 Å². The SMILES string of the molecule is COC(=O)C1=C(C)N(CC(C)C)C(=O)/C1=C/c1ccc(CNS(=O)(=O)c2ccc(C)cc2)o1. The Bertz CT molecular complexity index is 1220. The number of hydrogen-bond acceptors (Lipinski definition) is 6. The topological polar surface area (TPSA) is 106 Å². The Morgan fingerprint density at radius 2 is 1.82 bits per heavy atom. The van der Waals surface area contributed by atoms with Gasteiger partial charge in [0.05, 0.1) is 29.7 Å². The second-order valence-corrected chi connectivity index (χ2v) is 10.0. The average Bonchev–Trinajstić information content (AvgIpc) is 3.30. The van der Waals surface area contributed by atoms with Gasteiger partial charge in [-0.05, 0) is 50.1 Å². The minimum Gasteiger partial charge on any atom is -0.465 e. The molecule has 1 aromatic carbocycles. The van der Waals surface area contributed by atoms with E-state index in [4.69, 9.17) is 9.15 Å². The third-order valence-electron chi connectivity index (χ3n) is 5.19. The highest BCUT2D eigenvalue weighted by Gasteiger charge is 2.37. The van der Waals surface area contributed by atoms with Gasteiger partial charge in [0, 0.05) is 12.2 Å². The molecule has 2 aromatic rings. The second-order valence-electron chi connectivity index (χ2n) is 8.26. The van der Waals surface area contributed by atoms with E-state index in [1.54, 1.807) is 36.1 Å². The highest BCUT2D eigenvalue weighted by molar-refractivity contribution is 7.89. The van der Waals surface area contributed by atoms with Gasteiger partial charge in [0.2, 0.25) is 10.0 Å². The fourth-order valence-electron chi connectivity index (χ4n) is 3.49. The van der Waals surface area contributed by atoms with Crippen LogP contribution in [0.5, 0.6) is 0 Å². The number of carbonyl (C=O) groups excluding carboxylic acids is 2. The summed E-state index contributed by atoms with van der Waals surface area (Å²) in [6, 6.07) is 9.75. The first kappa shape index (κ1) is 24.5. The maximum Gasteiger partial charge on any atom is 0.340 e. The molecule has 1 aliphatic rings. The van der Waals surface area contributed by atoms with Crippen molar-refractivity contribution in [2.75, 3.05) is 13.7 Å². The van der Waals surface area contributed by atoms with Gasteiger partial charge in [0.25, 0.3) is 5.91 Å². The van der Waals surface area contributed by atoms with Crippen molar-refractivity contribution in [2.45, 2.75) is 39.1 Å². The number of sulfonamides is 1. The van der Waals surface area contributed by atoms with E-state index in [0.717, 1.165) is 5.56 Å². The van der Waals surface area contributed by atoms with Gasteiger partial charge in [-0.1, -0.05) is 31.5 Å². The molecule has 2 heterocycles. The van der Waals surface area contributed by atoms with Crippen LogP contribution in [0.4, 0.5) is 0 Å². The van der Waals surface area contributed by atoms with Crippen LogP contribution in [0.2, 0.25) is 0 Å². The van der Waals surface area contributed by atoms with Crippen LogP contribution in [0, 0.1) is 12.8 Å². The summed E-state index contributed by atoms with van der Waals surface area (Å²) in [7, 11) is -2.44. The predicted molar refractivity (Wildman–Crippen MR) is 123 cm³/mol. The number of methoxy groups -OCH3 is 1. The Morgan fingerprint density at radius 1 is 1.15 bits per heavy atom. The van der Waals surface area contributed by atoms with Crippen molar-refractivity contribution in [3.05, 3.63) is 70.3 Å². The van der Waals surface area contributed by atoms with Crippen LogP contribution in [-0.2, 0) is 30.9 Å². The van der Waals surface area contributed by atoms with E-state index in [-0.39, 0.29) is 34.4 Å². The number of nitrogens with one attached hydrogen (secondary N) is 1. The molecule has 1 N–H and O–H groups in total. The number of nitrogens with zero attached hydrogens (tertiary/aromatic N) is 1. The Balaban J connectivity index is 1.81. The Kier molecular flexibility index (Phi) is 7.24. The molecular weight excluding hydrogens is 444 g/mol. The highest BCUT2D eigenvalue weighted by Crippen LogP contribution is 2.32. The van der Waals surface area contributed by atoms with E-state index in [1.807, 2.05) is 20.8 Å². The number of rotatable bonds is 8. The van der Waals surface area contributed by atoms with Crippen LogP contribution < -0.4 is 4.72 Å². The third kappa shape index (κ3) is 5.43. The number of benzene rings is 1. The smallest absolute Gasteiger partial charge is 0.340 e. The summed E-state index contributed by atoms with van der Waals surface area (Å²) in [6.45, 7) is 7.95. The van der Waals surface area contributed by atoms with E-state index in [9.17, 15) is 18.0 Å². The number of ether oxygens (including phenoxy) is 1. The number of esters is 1. The van der Waals surface area contributed by atoms with E-state index in [2.05, 4.69) is 4.72 Å². The lowest BCUT2D eigenvalue weighted by molar-refractivity contribution is -0.136. The van der Waals surface area contributed by atoms with Crippen molar-refractivity contribution in [2.24, 2.45) is 5.92 Å². The zero-order valence-corrected chi connectivity index (χ0v) is 20.2. The lowest BCUT2D eigenvalue weighted by Crippen LogP contribution is -2.28. The molecule has 1 aliphatic heterocycles. The molecule has 0 aliphatic carbocycles. The number of amides is 1. The predicted octanol–water partition coefficient (Wildman–Crippen LogP) is 3.40. The molecule has 1 amide bonds. The second kappa shape index (κ2) is 9.76. The van der Waals surface area contributed by atoms with Crippen molar-refractivity contribution in [1.82, 2.24) is 9.62 Å². The largest absolute Gasteiger partial charge is 0.465 e. The zero-order chi connectivity index (χ0) is 24.3. The number of allylic oxidation sites excluding steroid dienone is 1. The molecule has 0 radical (unpaired) electrons. The summed E-state index contributed by atoms with van der Waals surface area (Å²) in [6.07, 6.45) is 1.48. The van der Waals surface area contributed by atoms with Crippen LogP contribution in [0.25, 0.3) is 6.08 Å². The molecule has 0 saturated carbocycles. The van der Waals surface area contributed by atoms with Crippen molar-refractivity contribution in [1.29, 1.82) is 0 Å². The summed E-state index contributed by atoms with van der Waals surface area (Å²) in [5.41, 5.74) is 1.87. The Morgan fingerprint density at radius 3 is 2.42 bits per heavy atom.